The average molecular weight is 375 g/mol. The second-order valence-electron chi connectivity index (χ2n) is 6.72. The van der Waals surface area contributed by atoms with Crippen LogP contribution in [0.2, 0.25) is 0 Å². The Balaban J connectivity index is 1.77. The number of amides is 3. The van der Waals surface area contributed by atoms with Crippen LogP contribution in [0.25, 0.3) is 0 Å². The lowest BCUT2D eigenvalue weighted by molar-refractivity contribution is -0.137. The van der Waals surface area contributed by atoms with Gasteiger partial charge in [-0.1, -0.05) is 18.2 Å². The van der Waals surface area contributed by atoms with Crippen LogP contribution in [0.4, 0.5) is 0 Å². The van der Waals surface area contributed by atoms with E-state index in [1.54, 1.807) is 11.8 Å². The van der Waals surface area contributed by atoms with Crippen LogP contribution in [0.5, 0.6) is 5.75 Å². The molecule has 2 N–H and O–H groups in total. The molecule has 0 radical (unpaired) electrons. The van der Waals surface area contributed by atoms with Gasteiger partial charge in [0.15, 0.2) is 0 Å². The van der Waals surface area contributed by atoms with Crippen molar-refractivity contribution in [3.8, 4) is 5.75 Å². The molecule has 148 valence electrons. The lowest BCUT2D eigenvalue weighted by Crippen LogP contribution is -2.50. The Morgan fingerprint density at radius 3 is 2.70 bits per heavy atom. The van der Waals surface area contributed by atoms with Gasteiger partial charge in [0.1, 0.15) is 11.8 Å². The molecule has 1 fully saturated rings. The summed E-state index contributed by atoms with van der Waals surface area (Å²) in [5.74, 6) is 0.0646. The van der Waals surface area contributed by atoms with E-state index >= 15 is 0 Å². The van der Waals surface area contributed by atoms with Crippen LogP contribution >= 0.6 is 0 Å². The van der Waals surface area contributed by atoms with Gasteiger partial charge in [0.2, 0.25) is 17.7 Å². The Morgan fingerprint density at radius 1 is 1.26 bits per heavy atom. The number of nitrogens with one attached hydrogen (secondary N) is 2. The summed E-state index contributed by atoms with van der Waals surface area (Å²) in [5.41, 5.74) is 0. The maximum absolute atomic E-state index is 12.4. The van der Waals surface area contributed by atoms with Crippen LogP contribution in [0, 0.1) is 5.92 Å². The third-order valence-corrected chi connectivity index (χ3v) is 4.58. The molecular formula is C20H29N3O4. The highest BCUT2D eigenvalue weighted by molar-refractivity contribution is 5.88. The Hall–Kier alpha value is -2.57. The number of nitrogens with zero attached hydrogens (tertiary/aromatic N) is 1. The molecule has 1 aromatic rings. The molecule has 1 aromatic carbocycles. The van der Waals surface area contributed by atoms with E-state index in [-0.39, 0.29) is 30.1 Å². The number of likely N-dealkylation sites (N-methyl/N-ethyl adjacent to an activating group) is 1. The zero-order valence-corrected chi connectivity index (χ0v) is 16.1. The first-order chi connectivity index (χ1) is 13.0. The molecule has 2 atom stereocenters. The number of likely N-dealkylation sites (tertiary alicyclic amines) is 1. The van der Waals surface area contributed by atoms with E-state index in [0.717, 1.165) is 18.6 Å². The highest BCUT2D eigenvalue weighted by Gasteiger charge is 2.29. The lowest BCUT2D eigenvalue weighted by Gasteiger charge is -2.32. The molecule has 7 nitrogen and oxygen atoms in total. The Kier molecular flexibility index (Phi) is 8.10. The van der Waals surface area contributed by atoms with Crippen molar-refractivity contribution in [2.45, 2.75) is 39.2 Å². The quantitative estimate of drug-likeness (QED) is 0.718. The molecule has 0 aromatic heterocycles. The first-order valence-electron chi connectivity index (χ1n) is 9.55. The molecule has 3 amide bonds. The highest BCUT2D eigenvalue weighted by Crippen LogP contribution is 2.18. The molecule has 1 saturated heterocycles. The second kappa shape index (κ2) is 10.5. The van der Waals surface area contributed by atoms with Gasteiger partial charge < -0.3 is 20.3 Å². The molecule has 1 aliphatic heterocycles. The van der Waals surface area contributed by atoms with Crippen molar-refractivity contribution in [3.05, 3.63) is 30.3 Å². The van der Waals surface area contributed by atoms with Gasteiger partial charge >= 0.3 is 0 Å². The van der Waals surface area contributed by atoms with E-state index < -0.39 is 6.04 Å². The van der Waals surface area contributed by atoms with E-state index in [0.29, 0.717) is 26.2 Å². The fourth-order valence-corrected chi connectivity index (χ4v) is 3.07. The van der Waals surface area contributed by atoms with Crippen LogP contribution in [0.15, 0.2) is 30.3 Å². The smallest absolute Gasteiger partial charge is 0.242 e. The predicted molar refractivity (Wildman–Crippen MR) is 102 cm³/mol. The fourth-order valence-electron chi connectivity index (χ4n) is 3.07. The third kappa shape index (κ3) is 6.58. The number of hydrogen-bond acceptors (Lipinski definition) is 4. The minimum absolute atomic E-state index is 0.0137. The highest BCUT2D eigenvalue weighted by atomic mass is 16.5. The summed E-state index contributed by atoms with van der Waals surface area (Å²) in [4.78, 5) is 38.3. The normalized spacial score (nSPS) is 17.7. The molecular weight excluding hydrogens is 346 g/mol. The number of para-hydroxylation sites is 1. The molecule has 0 aliphatic carbocycles. The van der Waals surface area contributed by atoms with Crippen molar-refractivity contribution in [2.75, 3.05) is 26.2 Å². The zero-order chi connectivity index (χ0) is 19.6. The fraction of sp³-hybridized carbons (Fsp3) is 0.550. The van der Waals surface area contributed by atoms with E-state index in [1.165, 1.54) is 0 Å². The second-order valence-corrected chi connectivity index (χ2v) is 6.72. The molecule has 1 aliphatic rings. The van der Waals surface area contributed by atoms with E-state index in [9.17, 15) is 14.4 Å². The van der Waals surface area contributed by atoms with Gasteiger partial charge in [0.25, 0.3) is 0 Å². The molecule has 7 heteroatoms. The third-order valence-electron chi connectivity index (χ3n) is 4.58. The van der Waals surface area contributed by atoms with Crippen LogP contribution in [-0.2, 0) is 14.4 Å². The molecule has 0 spiro atoms. The number of rotatable bonds is 8. The van der Waals surface area contributed by atoms with Gasteiger partial charge in [0, 0.05) is 19.6 Å². The van der Waals surface area contributed by atoms with E-state index in [4.69, 9.17) is 4.74 Å². The van der Waals surface area contributed by atoms with Gasteiger partial charge in [0.05, 0.1) is 18.9 Å². The maximum atomic E-state index is 12.4. The average Bonchev–Trinajstić information content (AvgIpc) is 2.69. The van der Waals surface area contributed by atoms with Crippen LogP contribution in [0.1, 0.15) is 33.1 Å². The van der Waals surface area contributed by atoms with E-state index in [1.807, 2.05) is 37.3 Å². The number of carbonyl (C=O) groups excluding carboxylic acids is 3. The number of piperidine rings is 1. The molecule has 0 bridgehead atoms. The van der Waals surface area contributed by atoms with Gasteiger partial charge in [-0.05, 0) is 38.8 Å². The Bertz CT molecular complexity index is 635. The van der Waals surface area contributed by atoms with Crippen LogP contribution in [-0.4, -0.2) is 54.9 Å². The van der Waals surface area contributed by atoms with Crippen LogP contribution in [0.3, 0.4) is 0 Å². The first-order valence-corrected chi connectivity index (χ1v) is 9.55. The largest absolute Gasteiger partial charge is 0.493 e. The maximum Gasteiger partial charge on any atom is 0.242 e. The molecule has 0 saturated carbocycles. The number of ether oxygens (including phenoxy) is 1. The molecule has 1 heterocycles. The summed E-state index contributed by atoms with van der Waals surface area (Å²) in [5, 5.41) is 5.43. The summed E-state index contributed by atoms with van der Waals surface area (Å²) < 4.78 is 5.57. The lowest BCUT2D eigenvalue weighted by atomic mass is 9.96. The SMILES string of the molecule is CCNC(=O)[C@H](C)NC(=O)[C@@H]1CCCN(C(=O)CCOc2ccccc2)C1. The molecule has 27 heavy (non-hydrogen) atoms. The first kappa shape index (κ1) is 20.7. The van der Waals surface area contributed by atoms with Gasteiger partial charge in [-0.15, -0.1) is 0 Å². The van der Waals surface area contributed by atoms with Gasteiger partial charge in [-0.25, -0.2) is 0 Å². The standard InChI is InChI=1S/C20H29N3O4/c1-3-21-19(25)15(2)22-20(26)16-8-7-12-23(14-16)18(24)11-13-27-17-9-5-4-6-10-17/h4-6,9-10,15-16H,3,7-8,11-14H2,1-2H3,(H,21,25)(H,22,26)/t15-,16+/m0/s1. The number of carbonyl (C=O) groups is 3. The summed E-state index contributed by atoms with van der Waals surface area (Å²) in [6, 6.07) is 8.79. The summed E-state index contributed by atoms with van der Waals surface area (Å²) in [7, 11) is 0. The summed E-state index contributed by atoms with van der Waals surface area (Å²) >= 11 is 0. The topological polar surface area (TPSA) is 87.7 Å². The van der Waals surface area contributed by atoms with Crippen molar-refractivity contribution < 1.29 is 19.1 Å². The van der Waals surface area contributed by atoms with Crippen LogP contribution < -0.4 is 15.4 Å². The Labute approximate surface area is 160 Å². The number of benzene rings is 1. The van der Waals surface area contributed by atoms with Crippen molar-refractivity contribution in [2.24, 2.45) is 5.92 Å². The molecule has 0 unspecified atom stereocenters. The summed E-state index contributed by atoms with van der Waals surface area (Å²) in [6.45, 7) is 5.37. The Morgan fingerprint density at radius 2 is 2.00 bits per heavy atom. The van der Waals surface area contributed by atoms with Crippen molar-refractivity contribution in [1.29, 1.82) is 0 Å². The summed E-state index contributed by atoms with van der Waals surface area (Å²) in [6.07, 6.45) is 1.77. The van der Waals surface area contributed by atoms with Crippen molar-refractivity contribution >= 4 is 17.7 Å². The van der Waals surface area contributed by atoms with Crippen molar-refractivity contribution in [3.63, 3.8) is 0 Å². The molecule has 2 rings (SSSR count). The van der Waals surface area contributed by atoms with E-state index in [2.05, 4.69) is 10.6 Å². The minimum Gasteiger partial charge on any atom is -0.493 e. The van der Waals surface area contributed by atoms with Crippen molar-refractivity contribution in [1.82, 2.24) is 15.5 Å². The predicted octanol–water partition coefficient (Wildman–Crippen LogP) is 1.33. The number of hydrogen-bond donors (Lipinski definition) is 2. The minimum atomic E-state index is -0.581. The van der Waals surface area contributed by atoms with Gasteiger partial charge in [-0.3, -0.25) is 14.4 Å². The zero-order valence-electron chi connectivity index (χ0n) is 16.1. The van der Waals surface area contributed by atoms with Gasteiger partial charge in [-0.2, -0.15) is 0 Å². The monoisotopic (exact) mass is 375 g/mol.